The van der Waals surface area contributed by atoms with Crippen LogP contribution in [0.3, 0.4) is 0 Å². The monoisotopic (exact) mass is 320 g/mol. The van der Waals surface area contributed by atoms with Crippen LogP contribution in [-0.4, -0.2) is 25.8 Å². The lowest BCUT2D eigenvalue weighted by Crippen LogP contribution is -2.12. The predicted octanol–water partition coefficient (Wildman–Crippen LogP) is 3.02. The van der Waals surface area contributed by atoms with Crippen LogP contribution in [0.15, 0.2) is 30.6 Å². The van der Waals surface area contributed by atoms with Crippen LogP contribution in [0, 0.1) is 11.3 Å². The number of aromatic nitrogens is 4. The molecule has 2 heterocycles. The number of fused-ring (bicyclic) bond motifs is 1. The number of anilines is 1. The Kier molecular flexibility index (Phi) is 4.47. The predicted molar refractivity (Wildman–Crippen MR) is 90.0 cm³/mol. The van der Waals surface area contributed by atoms with Crippen molar-refractivity contribution in [3.63, 3.8) is 0 Å². The summed E-state index contributed by atoms with van der Waals surface area (Å²) in [4.78, 5) is 27.7. The van der Waals surface area contributed by atoms with Crippen LogP contribution in [0.5, 0.6) is 0 Å². The fourth-order valence-corrected chi connectivity index (χ4v) is 2.33. The molecule has 1 amide bonds. The van der Waals surface area contributed by atoms with Gasteiger partial charge in [-0.25, -0.2) is 15.0 Å². The van der Waals surface area contributed by atoms with E-state index >= 15 is 0 Å². The second-order valence-electron chi connectivity index (χ2n) is 5.35. The molecule has 0 atom stereocenters. The molecular weight excluding hydrogens is 304 g/mol. The summed E-state index contributed by atoms with van der Waals surface area (Å²) in [6.07, 6.45) is 3.60. The van der Waals surface area contributed by atoms with Gasteiger partial charge in [0.2, 0.25) is 5.91 Å². The van der Waals surface area contributed by atoms with E-state index in [2.05, 4.69) is 31.3 Å². The number of rotatable bonds is 5. The SMILES string of the molecule is CCCCC(=O)Nc1ncnc2nc(-c3cccc(C#N)c3)[nH]c12. The van der Waals surface area contributed by atoms with Crippen molar-refractivity contribution >= 4 is 22.9 Å². The molecule has 0 aliphatic heterocycles. The van der Waals surface area contributed by atoms with E-state index in [1.54, 1.807) is 18.2 Å². The van der Waals surface area contributed by atoms with Crippen molar-refractivity contribution < 1.29 is 4.79 Å². The largest absolute Gasteiger partial charge is 0.334 e. The second-order valence-corrected chi connectivity index (χ2v) is 5.35. The number of nitriles is 1. The molecule has 7 heteroatoms. The van der Waals surface area contributed by atoms with E-state index in [0.29, 0.717) is 34.8 Å². The Bertz CT molecular complexity index is 924. The number of carbonyl (C=O) groups is 1. The molecule has 0 aliphatic rings. The summed E-state index contributed by atoms with van der Waals surface area (Å²) in [6, 6.07) is 9.21. The number of unbranched alkanes of at least 4 members (excludes halogenated alkanes) is 1. The zero-order chi connectivity index (χ0) is 16.9. The van der Waals surface area contributed by atoms with Gasteiger partial charge >= 0.3 is 0 Å². The third-order valence-corrected chi connectivity index (χ3v) is 3.57. The third kappa shape index (κ3) is 3.22. The Morgan fingerprint density at radius 2 is 2.25 bits per heavy atom. The summed E-state index contributed by atoms with van der Waals surface area (Å²) in [6.45, 7) is 2.03. The third-order valence-electron chi connectivity index (χ3n) is 3.57. The van der Waals surface area contributed by atoms with Crippen LogP contribution >= 0.6 is 0 Å². The summed E-state index contributed by atoms with van der Waals surface area (Å²) in [7, 11) is 0. The average Bonchev–Trinajstić information content (AvgIpc) is 3.05. The van der Waals surface area contributed by atoms with Crippen molar-refractivity contribution in [1.29, 1.82) is 5.26 Å². The van der Waals surface area contributed by atoms with Crippen LogP contribution in [-0.2, 0) is 4.79 Å². The first-order valence-electron chi connectivity index (χ1n) is 7.72. The highest BCUT2D eigenvalue weighted by atomic mass is 16.1. The van der Waals surface area contributed by atoms with E-state index in [9.17, 15) is 4.79 Å². The smallest absolute Gasteiger partial charge is 0.225 e. The molecule has 0 saturated carbocycles. The van der Waals surface area contributed by atoms with Crippen molar-refractivity contribution in [2.45, 2.75) is 26.2 Å². The molecule has 0 spiro atoms. The van der Waals surface area contributed by atoms with Crippen LogP contribution in [0.1, 0.15) is 31.7 Å². The maximum atomic E-state index is 11.9. The number of hydrogen-bond acceptors (Lipinski definition) is 5. The molecule has 3 rings (SSSR count). The van der Waals surface area contributed by atoms with E-state index < -0.39 is 0 Å². The van der Waals surface area contributed by atoms with Gasteiger partial charge in [-0.05, 0) is 18.6 Å². The fraction of sp³-hybridized carbons (Fsp3) is 0.235. The van der Waals surface area contributed by atoms with E-state index in [-0.39, 0.29) is 5.91 Å². The molecule has 120 valence electrons. The van der Waals surface area contributed by atoms with Crippen molar-refractivity contribution in [2.75, 3.05) is 5.32 Å². The number of benzene rings is 1. The van der Waals surface area contributed by atoms with Crippen molar-refractivity contribution in [3.8, 4) is 17.5 Å². The molecule has 0 radical (unpaired) electrons. The van der Waals surface area contributed by atoms with Crippen LogP contribution in [0.2, 0.25) is 0 Å². The minimum Gasteiger partial charge on any atom is -0.334 e. The number of amides is 1. The van der Waals surface area contributed by atoms with E-state index in [0.717, 1.165) is 18.4 Å². The minimum atomic E-state index is -0.0838. The Morgan fingerprint density at radius 1 is 1.38 bits per heavy atom. The highest BCUT2D eigenvalue weighted by Gasteiger charge is 2.13. The maximum Gasteiger partial charge on any atom is 0.225 e. The Labute approximate surface area is 138 Å². The van der Waals surface area contributed by atoms with Gasteiger partial charge in [-0.2, -0.15) is 5.26 Å². The van der Waals surface area contributed by atoms with Gasteiger partial charge in [0, 0.05) is 12.0 Å². The van der Waals surface area contributed by atoms with E-state index in [1.165, 1.54) is 6.33 Å². The van der Waals surface area contributed by atoms with E-state index in [1.807, 2.05) is 13.0 Å². The molecule has 24 heavy (non-hydrogen) atoms. The van der Waals surface area contributed by atoms with Crippen molar-refractivity contribution in [3.05, 3.63) is 36.2 Å². The molecule has 2 aromatic heterocycles. The van der Waals surface area contributed by atoms with Crippen LogP contribution < -0.4 is 5.32 Å². The van der Waals surface area contributed by atoms with Crippen LogP contribution in [0.25, 0.3) is 22.6 Å². The summed E-state index contributed by atoms with van der Waals surface area (Å²) in [5.74, 6) is 0.905. The quantitative estimate of drug-likeness (QED) is 0.751. The number of hydrogen-bond donors (Lipinski definition) is 2. The summed E-state index contributed by atoms with van der Waals surface area (Å²) < 4.78 is 0. The van der Waals surface area contributed by atoms with Crippen molar-refractivity contribution in [1.82, 2.24) is 19.9 Å². The first-order valence-corrected chi connectivity index (χ1v) is 7.72. The standard InChI is InChI=1S/C17H16N6O/c1-2-3-7-13(24)21-16-14-17(20-10-19-16)23-15(22-14)12-6-4-5-11(8-12)9-18/h4-6,8,10H,2-3,7H2,1H3,(H2,19,20,21,22,23,24). The minimum absolute atomic E-state index is 0.0838. The number of H-pyrrole nitrogens is 1. The molecule has 0 unspecified atom stereocenters. The molecule has 0 fully saturated rings. The van der Waals surface area contributed by atoms with Crippen molar-refractivity contribution in [2.24, 2.45) is 0 Å². The normalized spacial score (nSPS) is 10.5. The molecule has 1 aromatic carbocycles. The molecule has 7 nitrogen and oxygen atoms in total. The fourth-order valence-electron chi connectivity index (χ4n) is 2.33. The number of imidazole rings is 1. The lowest BCUT2D eigenvalue weighted by Gasteiger charge is -2.03. The number of nitrogens with zero attached hydrogens (tertiary/aromatic N) is 4. The molecule has 3 aromatic rings. The van der Waals surface area contributed by atoms with Gasteiger partial charge in [-0.3, -0.25) is 4.79 Å². The second kappa shape index (κ2) is 6.87. The van der Waals surface area contributed by atoms with Gasteiger partial charge in [0.15, 0.2) is 11.5 Å². The highest BCUT2D eigenvalue weighted by Crippen LogP contribution is 2.23. The number of aromatic amines is 1. The Morgan fingerprint density at radius 3 is 3.04 bits per heavy atom. The van der Waals surface area contributed by atoms with Gasteiger partial charge in [0.25, 0.3) is 0 Å². The zero-order valence-corrected chi connectivity index (χ0v) is 13.2. The molecule has 2 N–H and O–H groups in total. The highest BCUT2D eigenvalue weighted by molar-refractivity contribution is 5.97. The lowest BCUT2D eigenvalue weighted by molar-refractivity contribution is -0.116. The summed E-state index contributed by atoms with van der Waals surface area (Å²) >= 11 is 0. The van der Waals surface area contributed by atoms with Crippen LogP contribution in [0.4, 0.5) is 5.82 Å². The summed E-state index contributed by atoms with van der Waals surface area (Å²) in [5.41, 5.74) is 2.36. The molecule has 0 aliphatic carbocycles. The van der Waals surface area contributed by atoms with Gasteiger partial charge in [0.05, 0.1) is 11.6 Å². The molecule has 0 saturated heterocycles. The average molecular weight is 320 g/mol. The first-order chi connectivity index (χ1) is 11.7. The number of carbonyl (C=O) groups excluding carboxylic acids is 1. The lowest BCUT2D eigenvalue weighted by atomic mass is 10.1. The maximum absolute atomic E-state index is 11.9. The van der Waals surface area contributed by atoms with Gasteiger partial charge in [0.1, 0.15) is 17.7 Å². The number of nitrogens with one attached hydrogen (secondary N) is 2. The van der Waals surface area contributed by atoms with Gasteiger partial charge in [-0.1, -0.05) is 25.5 Å². The van der Waals surface area contributed by atoms with E-state index in [4.69, 9.17) is 5.26 Å². The topological polar surface area (TPSA) is 107 Å². The van der Waals surface area contributed by atoms with Gasteiger partial charge < -0.3 is 10.3 Å². The molecule has 0 bridgehead atoms. The molecular formula is C17H16N6O. The Balaban J connectivity index is 1.95. The zero-order valence-electron chi connectivity index (χ0n) is 13.2. The first kappa shape index (κ1) is 15.6. The summed E-state index contributed by atoms with van der Waals surface area (Å²) in [5, 5.41) is 11.8. The Hall–Kier alpha value is -3.27. The van der Waals surface area contributed by atoms with Gasteiger partial charge in [-0.15, -0.1) is 0 Å².